The molecule has 1 saturated heterocycles. The average Bonchev–Trinajstić information content (AvgIpc) is 3.24. The van der Waals surface area contributed by atoms with Crippen LogP contribution in [0.2, 0.25) is 0 Å². The van der Waals surface area contributed by atoms with Crippen LogP contribution in [0.5, 0.6) is 0 Å². The third-order valence-corrected chi connectivity index (χ3v) is 6.32. The fraction of sp³-hybridized carbons (Fsp3) is 0.842. The number of carbonyl (C=O) groups is 3. The van der Waals surface area contributed by atoms with Gasteiger partial charge < -0.3 is 15.0 Å². The maximum absolute atomic E-state index is 12.5. The van der Waals surface area contributed by atoms with E-state index in [4.69, 9.17) is 4.74 Å². The Hall–Kier alpha value is -1.59. The van der Waals surface area contributed by atoms with Crippen LogP contribution in [0.3, 0.4) is 0 Å². The highest BCUT2D eigenvalue weighted by molar-refractivity contribution is 6.35. The van der Waals surface area contributed by atoms with Gasteiger partial charge >= 0.3 is 17.8 Å². The first-order valence-electron chi connectivity index (χ1n) is 9.76. The van der Waals surface area contributed by atoms with Crippen LogP contribution >= 0.6 is 0 Å². The summed E-state index contributed by atoms with van der Waals surface area (Å²) in [5.74, 6) is 0.410. The topological polar surface area (TPSA) is 75.7 Å². The molecule has 6 nitrogen and oxygen atoms in total. The van der Waals surface area contributed by atoms with Crippen molar-refractivity contribution in [3.63, 3.8) is 0 Å². The largest absolute Gasteiger partial charge is 0.466 e. The number of likely N-dealkylation sites (tertiary alicyclic amines) is 1. The van der Waals surface area contributed by atoms with E-state index in [0.29, 0.717) is 31.4 Å². The van der Waals surface area contributed by atoms with Gasteiger partial charge in [0, 0.05) is 19.1 Å². The molecule has 1 heterocycles. The van der Waals surface area contributed by atoms with Crippen molar-refractivity contribution in [2.45, 2.75) is 58.4 Å². The van der Waals surface area contributed by atoms with Crippen molar-refractivity contribution >= 4 is 17.8 Å². The van der Waals surface area contributed by atoms with Crippen LogP contribution in [0, 0.1) is 23.7 Å². The molecule has 3 aliphatic rings. The van der Waals surface area contributed by atoms with Gasteiger partial charge in [0.25, 0.3) is 0 Å². The number of hydrogen-bond acceptors (Lipinski definition) is 4. The van der Waals surface area contributed by atoms with E-state index in [0.717, 1.165) is 12.3 Å². The van der Waals surface area contributed by atoms with Crippen LogP contribution in [0.15, 0.2) is 0 Å². The van der Waals surface area contributed by atoms with E-state index >= 15 is 0 Å². The highest BCUT2D eigenvalue weighted by Crippen LogP contribution is 2.49. The fourth-order valence-electron chi connectivity index (χ4n) is 5.04. The average molecular weight is 350 g/mol. The van der Waals surface area contributed by atoms with Gasteiger partial charge in [0.15, 0.2) is 0 Å². The van der Waals surface area contributed by atoms with Crippen LogP contribution in [0.25, 0.3) is 0 Å². The molecule has 2 bridgehead atoms. The van der Waals surface area contributed by atoms with E-state index in [-0.39, 0.29) is 24.5 Å². The number of rotatable bonds is 4. The Bertz CT molecular complexity index is 536. The summed E-state index contributed by atoms with van der Waals surface area (Å²) >= 11 is 0. The summed E-state index contributed by atoms with van der Waals surface area (Å²) in [6.07, 6.45) is 6.48. The van der Waals surface area contributed by atoms with E-state index in [1.54, 1.807) is 6.92 Å². The normalized spacial score (nSPS) is 32.3. The van der Waals surface area contributed by atoms with Crippen LogP contribution in [0.1, 0.15) is 52.4 Å². The van der Waals surface area contributed by atoms with Gasteiger partial charge in [-0.2, -0.15) is 0 Å². The van der Waals surface area contributed by atoms with E-state index in [9.17, 15) is 14.4 Å². The summed E-state index contributed by atoms with van der Waals surface area (Å²) in [5, 5.41) is 2.93. The van der Waals surface area contributed by atoms with Gasteiger partial charge in [0.05, 0.1) is 12.5 Å². The Morgan fingerprint density at radius 2 is 2.00 bits per heavy atom. The Balaban J connectivity index is 1.51. The minimum atomic E-state index is -0.528. The maximum atomic E-state index is 12.5. The summed E-state index contributed by atoms with van der Waals surface area (Å²) in [7, 11) is 0. The predicted molar refractivity (Wildman–Crippen MR) is 92.5 cm³/mol. The summed E-state index contributed by atoms with van der Waals surface area (Å²) < 4.78 is 5.05. The second-order valence-electron chi connectivity index (χ2n) is 7.94. The molecule has 1 N–H and O–H groups in total. The Morgan fingerprint density at radius 3 is 2.64 bits per heavy atom. The minimum absolute atomic E-state index is 0.0393. The SMILES string of the molecule is CCOC(=O)C1CCCN(C(=O)C(=O)NC(C)C2CC3CCC2C3)C1. The molecule has 2 aliphatic carbocycles. The number of carbonyl (C=O) groups excluding carboxylic acids is 3. The molecular weight excluding hydrogens is 320 g/mol. The van der Waals surface area contributed by atoms with Gasteiger partial charge in [0.1, 0.15) is 0 Å². The molecule has 0 aromatic heterocycles. The molecule has 3 fully saturated rings. The summed E-state index contributed by atoms with van der Waals surface area (Å²) in [6, 6.07) is 0.0393. The number of amides is 2. The molecular formula is C19H30N2O4. The van der Waals surface area contributed by atoms with Crippen LogP contribution in [0.4, 0.5) is 0 Å². The van der Waals surface area contributed by atoms with Crippen molar-refractivity contribution in [3.8, 4) is 0 Å². The molecule has 0 aromatic carbocycles. The standard InChI is InChI=1S/C19H30N2O4/c1-3-25-19(24)15-5-4-8-21(11-15)18(23)17(22)20-12(2)16-10-13-6-7-14(16)9-13/h12-16H,3-11H2,1-2H3,(H,20,22). The molecule has 0 spiro atoms. The highest BCUT2D eigenvalue weighted by atomic mass is 16.5. The molecule has 3 rings (SSSR count). The molecule has 2 amide bonds. The summed E-state index contributed by atoms with van der Waals surface area (Å²) in [5.41, 5.74) is 0. The van der Waals surface area contributed by atoms with E-state index in [1.165, 1.54) is 30.6 Å². The van der Waals surface area contributed by atoms with Gasteiger partial charge in [0.2, 0.25) is 0 Å². The number of piperidine rings is 1. The second kappa shape index (κ2) is 7.75. The second-order valence-corrected chi connectivity index (χ2v) is 7.94. The Labute approximate surface area is 149 Å². The molecule has 0 aromatic rings. The predicted octanol–water partition coefficient (Wildman–Crippen LogP) is 1.73. The molecule has 1 aliphatic heterocycles. The third-order valence-electron chi connectivity index (χ3n) is 6.32. The van der Waals surface area contributed by atoms with Crippen molar-refractivity contribution < 1.29 is 19.1 Å². The van der Waals surface area contributed by atoms with Gasteiger partial charge in [-0.05, 0) is 63.7 Å². The molecule has 5 unspecified atom stereocenters. The number of nitrogens with one attached hydrogen (secondary N) is 1. The van der Waals surface area contributed by atoms with E-state index in [1.807, 2.05) is 6.92 Å². The van der Waals surface area contributed by atoms with Gasteiger partial charge in [-0.25, -0.2) is 0 Å². The molecule has 140 valence electrons. The van der Waals surface area contributed by atoms with Crippen LogP contribution in [-0.4, -0.2) is 48.4 Å². The minimum Gasteiger partial charge on any atom is -0.466 e. The number of ether oxygens (including phenoxy) is 1. The first-order chi connectivity index (χ1) is 12.0. The highest BCUT2D eigenvalue weighted by Gasteiger charge is 2.42. The smallest absolute Gasteiger partial charge is 0.311 e. The first kappa shape index (κ1) is 18.2. The summed E-state index contributed by atoms with van der Waals surface area (Å²) in [4.78, 5) is 38.3. The monoisotopic (exact) mass is 350 g/mol. The van der Waals surface area contributed by atoms with Crippen molar-refractivity contribution in [2.24, 2.45) is 23.7 Å². The van der Waals surface area contributed by atoms with Crippen molar-refractivity contribution in [2.75, 3.05) is 19.7 Å². The Kier molecular flexibility index (Phi) is 5.64. The number of fused-ring (bicyclic) bond motifs is 2. The van der Waals surface area contributed by atoms with Crippen molar-refractivity contribution in [1.82, 2.24) is 10.2 Å². The van der Waals surface area contributed by atoms with Gasteiger partial charge in [-0.3, -0.25) is 14.4 Å². The maximum Gasteiger partial charge on any atom is 0.311 e. The van der Waals surface area contributed by atoms with E-state index in [2.05, 4.69) is 5.32 Å². The molecule has 25 heavy (non-hydrogen) atoms. The number of esters is 1. The van der Waals surface area contributed by atoms with Gasteiger partial charge in [-0.15, -0.1) is 0 Å². The lowest BCUT2D eigenvalue weighted by molar-refractivity contribution is -0.154. The third kappa shape index (κ3) is 3.98. The lowest BCUT2D eigenvalue weighted by Gasteiger charge is -2.32. The van der Waals surface area contributed by atoms with Gasteiger partial charge in [-0.1, -0.05) is 6.42 Å². The molecule has 5 atom stereocenters. The van der Waals surface area contributed by atoms with Crippen LogP contribution < -0.4 is 5.32 Å². The van der Waals surface area contributed by atoms with Crippen molar-refractivity contribution in [3.05, 3.63) is 0 Å². The lowest BCUT2D eigenvalue weighted by atomic mass is 9.84. The summed E-state index contributed by atoms with van der Waals surface area (Å²) in [6.45, 7) is 4.95. The molecule has 0 radical (unpaired) electrons. The van der Waals surface area contributed by atoms with Crippen LogP contribution in [-0.2, 0) is 19.1 Å². The fourth-order valence-corrected chi connectivity index (χ4v) is 5.04. The number of nitrogens with zero attached hydrogens (tertiary/aromatic N) is 1. The molecule has 2 saturated carbocycles. The zero-order chi connectivity index (χ0) is 18.0. The zero-order valence-electron chi connectivity index (χ0n) is 15.3. The first-order valence-corrected chi connectivity index (χ1v) is 9.76. The number of hydrogen-bond donors (Lipinski definition) is 1. The lowest BCUT2D eigenvalue weighted by Crippen LogP contribution is -2.51. The molecule has 6 heteroatoms. The van der Waals surface area contributed by atoms with E-state index < -0.39 is 11.8 Å². The quantitative estimate of drug-likeness (QED) is 0.619. The zero-order valence-corrected chi connectivity index (χ0v) is 15.3. The van der Waals surface area contributed by atoms with Crippen molar-refractivity contribution in [1.29, 1.82) is 0 Å². The Morgan fingerprint density at radius 1 is 1.20 bits per heavy atom.